The van der Waals surface area contributed by atoms with Gasteiger partial charge < -0.3 is 15.2 Å². The Morgan fingerprint density at radius 2 is 2.08 bits per heavy atom. The Labute approximate surface area is 222 Å². The van der Waals surface area contributed by atoms with E-state index in [9.17, 15) is 22.0 Å². The highest BCUT2D eigenvalue weighted by Crippen LogP contribution is 2.50. The summed E-state index contributed by atoms with van der Waals surface area (Å²) in [6.07, 6.45) is 3.40. The molecule has 2 atom stereocenters. The molecule has 1 aliphatic carbocycles. The highest BCUT2D eigenvalue weighted by atomic mass is 35.5. The number of carbonyl (C=O) groups is 1. The molecule has 9 nitrogen and oxygen atoms in total. The maximum Gasteiger partial charge on any atom is 0.337 e. The molecule has 3 heterocycles. The molecule has 4 rings (SSSR count). The van der Waals surface area contributed by atoms with Crippen molar-refractivity contribution in [2.75, 3.05) is 32.6 Å². The van der Waals surface area contributed by atoms with Gasteiger partial charge in [-0.05, 0) is 25.3 Å². The highest BCUT2D eigenvalue weighted by molar-refractivity contribution is 7.89. The van der Waals surface area contributed by atoms with Gasteiger partial charge in [-0.1, -0.05) is 18.5 Å². The summed E-state index contributed by atoms with van der Waals surface area (Å²) in [4.78, 5) is 22.2. The number of allylic oxidation sites excluding steroid dienone is 4. The molecule has 2 aliphatic heterocycles. The normalized spacial score (nSPS) is 26.1. The van der Waals surface area contributed by atoms with Crippen molar-refractivity contribution in [3.05, 3.63) is 50.6 Å². The van der Waals surface area contributed by atoms with Crippen molar-refractivity contribution in [3.8, 4) is 0 Å². The van der Waals surface area contributed by atoms with E-state index in [2.05, 4.69) is 10.3 Å². The van der Waals surface area contributed by atoms with E-state index in [0.29, 0.717) is 29.4 Å². The Bertz CT molecular complexity index is 1290. The number of hydrogen-bond donors (Lipinski definition) is 2. The van der Waals surface area contributed by atoms with Crippen LogP contribution in [0, 0.1) is 11.3 Å². The van der Waals surface area contributed by atoms with Crippen LogP contribution >= 0.6 is 22.9 Å². The number of thiazole rings is 1. The number of hydrogen-bond acceptors (Lipinski definition) is 9. The number of aliphatic hydroxyl groups is 1. The summed E-state index contributed by atoms with van der Waals surface area (Å²) in [6.45, 7) is 1.50. The fraction of sp³-hybridized carbons (Fsp3) is 0.522. The quantitative estimate of drug-likeness (QED) is 0.479. The molecule has 1 aromatic heterocycles. The number of sulfonamides is 1. The van der Waals surface area contributed by atoms with Crippen molar-refractivity contribution in [3.63, 3.8) is 0 Å². The number of halogens is 3. The lowest BCUT2D eigenvalue weighted by Crippen LogP contribution is -2.48. The zero-order valence-electron chi connectivity index (χ0n) is 20.2. The van der Waals surface area contributed by atoms with Gasteiger partial charge in [-0.2, -0.15) is 0 Å². The summed E-state index contributed by atoms with van der Waals surface area (Å²) in [5.74, 6) is -3.29. The summed E-state index contributed by atoms with van der Waals surface area (Å²) in [5, 5.41) is 14.2. The van der Waals surface area contributed by atoms with Crippen LogP contribution in [0.1, 0.15) is 31.2 Å². The molecule has 1 fully saturated rings. The van der Waals surface area contributed by atoms with Crippen LogP contribution in [0.2, 0.25) is 0 Å². The van der Waals surface area contributed by atoms with E-state index in [1.54, 1.807) is 18.5 Å². The van der Waals surface area contributed by atoms with E-state index in [-0.39, 0.29) is 41.8 Å². The molecular weight excluding hydrogens is 550 g/mol. The third-order valence-electron chi connectivity index (χ3n) is 6.93. The van der Waals surface area contributed by atoms with Crippen LogP contribution in [0.5, 0.6) is 0 Å². The lowest BCUT2D eigenvalue weighted by molar-refractivity contribution is -0.136. The van der Waals surface area contributed by atoms with E-state index in [4.69, 9.17) is 26.4 Å². The van der Waals surface area contributed by atoms with Gasteiger partial charge in [0.25, 0.3) is 0 Å². The molecule has 0 aromatic carbocycles. The lowest BCUT2D eigenvalue weighted by Gasteiger charge is -2.42. The van der Waals surface area contributed by atoms with Gasteiger partial charge in [0.15, 0.2) is 22.5 Å². The minimum absolute atomic E-state index is 0.0178. The number of aliphatic imine (C=N–C) groups is 1. The topological polar surface area (TPSA) is 121 Å². The molecule has 3 aliphatic rings. The maximum atomic E-state index is 14.7. The molecule has 37 heavy (non-hydrogen) atoms. The summed E-state index contributed by atoms with van der Waals surface area (Å²) in [5.41, 5.74) is -0.702. The van der Waals surface area contributed by atoms with Gasteiger partial charge in [0.1, 0.15) is 0 Å². The first-order valence-electron chi connectivity index (χ1n) is 11.6. The molecule has 1 aromatic rings. The smallest absolute Gasteiger partial charge is 0.337 e. The summed E-state index contributed by atoms with van der Waals surface area (Å²) in [6, 6.07) is -1.03. The fourth-order valence-corrected chi connectivity index (χ4v) is 6.98. The average Bonchev–Trinajstić information content (AvgIpc) is 3.44. The Balaban J connectivity index is 1.79. The molecule has 0 amide bonds. The van der Waals surface area contributed by atoms with Crippen LogP contribution in [-0.2, 0) is 19.6 Å². The van der Waals surface area contributed by atoms with Crippen LogP contribution in [-0.4, -0.2) is 73.2 Å². The lowest BCUT2D eigenvalue weighted by atomic mass is 9.71. The summed E-state index contributed by atoms with van der Waals surface area (Å²) >= 11 is 7.68. The Morgan fingerprint density at radius 1 is 1.38 bits per heavy atom. The Hall–Kier alpha value is -2.19. The molecule has 0 spiro atoms. The zero-order valence-corrected chi connectivity index (χ0v) is 22.6. The van der Waals surface area contributed by atoms with E-state index >= 15 is 0 Å². The van der Waals surface area contributed by atoms with E-state index < -0.39 is 45.7 Å². The van der Waals surface area contributed by atoms with Gasteiger partial charge in [-0.3, -0.25) is 4.99 Å². The van der Waals surface area contributed by atoms with Gasteiger partial charge in [0.2, 0.25) is 10.0 Å². The summed E-state index contributed by atoms with van der Waals surface area (Å²) < 4.78 is 60.0. The molecule has 2 N–H and O–H groups in total. The molecule has 0 bridgehead atoms. The fourth-order valence-electron chi connectivity index (χ4n) is 4.87. The van der Waals surface area contributed by atoms with Gasteiger partial charge in [0, 0.05) is 41.7 Å². The Morgan fingerprint density at radius 3 is 2.68 bits per heavy atom. The largest absolute Gasteiger partial charge is 0.466 e. The first kappa shape index (κ1) is 27.8. The van der Waals surface area contributed by atoms with Crippen molar-refractivity contribution in [2.45, 2.75) is 32.2 Å². The third kappa shape index (κ3) is 5.24. The SMILES string of the molecule is COC(=O)C1=C(C2CCN(S(=O)(=O)CCO)CC2)NC(c2nccs2)=N[C@@H]1C1(C)CC=C(F)C(F)=C1Cl. The van der Waals surface area contributed by atoms with Crippen LogP contribution in [0.3, 0.4) is 0 Å². The molecule has 1 saturated heterocycles. The monoisotopic (exact) mass is 576 g/mol. The molecule has 0 radical (unpaired) electrons. The number of piperidine rings is 1. The van der Waals surface area contributed by atoms with Crippen molar-refractivity contribution in [1.29, 1.82) is 0 Å². The highest BCUT2D eigenvalue weighted by Gasteiger charge is 2.49. The van der Waals surface area contributed by atoms with Crippen LogP contribution in [0.25, 0.3) is 0 Å². The van der Waals surface area contributed by atoms with Gasteiger partial charge >= 0.3 is 5.97 Å². The van der Waals surface area contributed by atoms with E-state index in [1.807, 2.05) is 0 Å². The average molecular weight is 577 g/mol. The van der Waals surface area contributed by atoms with Crippen molar-refractivity contribution < 1.29 is 31.8 Å². The minimum atomic E-state index is -3.61. The predicted molar refractivity (Wildman–Crippen MR) is 136 cm³/mol. The van der Waals surface area contributed by atoms with Gasteiger partial charge in [-0.15, -0.1) is 11.3 Å². The van der Waals surface area contributed by atoms with Crippen LogP contribution in [0.15, 0.2) is 50.6 Å². The number of nitrogens with zero attached hydrogens (tertiary/aromatic N) is 3. The second kappa shape index (κ2) is 10.9. The standard InChI is InChI=1S/C23H27ClF2N4O5S2/c1-23(6-3-14(25)16(26)18(23)24)19-15(22(32)35-2)17(28-20(29-19)21-27-7-11-36-21)13-4-8-30(9-5-13)37(33,34)12-10-31/h3,7,11,13,19,31H,4-6,8-10,12H2,1-2H3,(H,28,29)/t19-,23?/m0/s1. The number of esters is 1. The number of carbonyl (C=O) groups excluding carboxylic acids is 1. The Kier molecular flexibility index (Phi) is 8.19. The molecular formula is C23H27ClF2N4O5S2. The first-order valence-corrected chi connectivity index (χ1v) is 14.5. The van der Waals surface area contributed by atoms with Crippen molar-refractivity contribution in [1.82, 2.24) is 14.6 Å². The summed E-state index contributed by atoms with van der Waals surface area (Å²) in [7, 11) is -2.39. The zero-order chi connectivity index (χ0) is 27.0. The van der Waals surface area contributed by atoms with Crippen molar-refractivity contribution >= 4 is 44.8 Å². The molecule has 14 heteroatoms. The van der Waals surface area contributed by atoms with Crippen molar-refractivity contribution in [2.24, 2.45) is 16.3 Å². The number of rotatable bonds is 7. The number of aromatic nitrogens is 1. The van der Waals surface area contributed by atoms with Crippen LogP contribution in [0.4, 0.5) is 8.78 Å². The second-order valence-electron chi connectivity index (χ2n) is 9.18. The number of amidine groups is 1. The first-order chi connectivity index (χ1) is 17.5. The number of methoxy groups -OCH3 is 1. The number of nitrogens with one attached hydrogen (secondary N) is 1. The number of aliphatic hydroxyl groups excluding tert-OH is 1. The predicted octanol–water partition coefficient (Wildman–Crippen LogP) is 3.01. The third-order valence-corrected chi connectivity index (χ3v) is 10.2. The van der Waals surface area contributed by atoms with Gasteiger partial charge in [0.05, 0.1) is 36.1 Å². The minimum Gasteiger partial charge on any atom is -0.466 e. The van der Waals surface area contributed by atoms with E-state index in [0.717, 1.165) is 6.08 Å². The molecule has 202 valence electrons. The number of ether oxygens (including phenoxy) is 1. The molecule has 0 saturated carbocycles. The van der Waals surface area contributed by atoms with Gasteiger partial charge in [-0.25, -0.2) is 31.3 Å². The van der Waals surface area contributed by atoms with Crippen LogP contribution < -0.4 is 5.32 Å². The maximum absolute atomic E-state index is 14.7. The molecule has 1 unspecified atom stereocenters. The van der Waals surface area contributed by atoms with E-state index in [1.165, 1.54) is 22.8 Å². The second-order valence-corrected chi connectivity index (χ2v) is 12.5.